The molecule has 0 saturated heterocycles. The van der Waals surface area contributed by atoms with Crippen LogP contribution in [0.1, 0.15) is 0 Å². The van der Waals surface area contributed by atoms with Crippen molar-refractivity contribution >= 4 is 0 Å². The van der Waals surface area contributed by atoms with Gasteiger partial charge in [-0.2, -0.15) is 0 Å². The van der Waals surface area contributed by atoms with Crippen LogP contribution < -0.4 is 4.74 Å². The zero-order valence-electron chi connectivity index (χ0n) is 6.06. The van der Waals surface area contributed by atoms with Crippen LogP contribution in [0.25, 0.3) is 0 Å². The first kappa shape index (κ1) is 10.6. The maximum atomic E-state index is 8.40. The predicted molar refractivity (Wildman–Crippen MR) is 41.8 cm³/mol. The van der Waals surface area contributed by atoms with E-state index in [-0.39, 0.29) is 26.1 Å². The van der Waals surface area contributed by atoms with Gasteiger partial charge in [-0.15, -0.1) is 0 Å². The van der Waals surface area contributed by atoms with E-state index >= 15 is 0 Å². The van der Waals surface area contributed by atoms with Gasteiger partial charge in [-0.1, -0.05) is 18.2 Å². The van der Waals surface area contributed by atoms with Crippen LogP contribution in [0.15, 0.2) is 30.3 Å². The van der Waals surface area contributed by atoms with Gasteiger partial charge in [-0.25, -0.2) is 0 Å². The van der Waals surface area contributed by atoms with Crippen molar-refractivity contribution in [3.63, 3.8) is 0 Å². The molecule has 0 aromatic heterocycles. The SMILES string of the molecule is OCCOc1ccccc1.[RuH2]. The number of benzene rings is 1. The Morgan fingerprint density at radius 1 is 1.18 bits per heavy atom. The Bertz CT molecular complexity index is 177. The Morgan fingerprint density at radius 2 is 1.82 bits per heavy atom. The first-order chi connectivity index (χ1) is 4.93. The van der Waals surface area contributed by atoms with E-state index in [1.54, 1.807) is 0 Å². The molecular weight excluding hydrogens is 229 g/mol. The van der Waals surface area contributed by atoms with E-state index in [0.717, 1.165) is 5.75 Å². The first-order valence-electron chi connectivity index (χ1n) is 3.22. The van der Waals surface area contributed by atoms with E-state index in [9.17, 15) is 0 Å². The molecule has 1 rings (SSSR count). The van der Waals surface area contributed by atoms with Gasteiger partial charge < -0.3 is 9.84 Å². The molecule has 11 heavy (non-hydrogen) atoms. The fourth-order valence-corrected chi connectivity index (χ4v) is 0.680. The average Bonchev–Trinajstić information content (AvgIpc) is 2.03. The Balaban J connectivity index is 0.000001000. The molecule has 1 aromatic carbocycles. The summed E-state index contributed by atoms with van der Waals surface area (Å²) in [5, 5.41) is 8.40. The summed E-state index contributed by atoms with van der Waals surface area (Å²) in [5.41, 5.74) is 0. The number of hydrogen-bond donors (Lipinski definition) is 1. The normalized spacial score (nSPS) is 8.45. The Hall–Kier alpha value is -0.397. The summed E-state index contributed by atoms with van der Waals surface area (Å²) in [6, 6.07) is 9.43. The molecule has 0 amide bonds. The van der Waals surface area contributed by atoms with E-state index in [4.69, 9.17) is 9.84 Å². The molecule has 0 heterocycles. The maximum absolute atomic E-state index is 8.40. The zero-order chi connectivity index (χ0) is 7.23. The van der Waals surface area contributed by atoms with E-state index in [1.165, 1.54) is 0 Å². The third kappa shape index (κ3) is 4.12. The van der Waals surface area contributed by atoms with Crippen molar-refractivity contribution in [2.75, 3.05) is 13.2 Å². The summed E-state index contributed by atoms with van der Waals surface area (Å²) in [6.07, 6.45) is 0. The zero-order valence-corrected chi connectivity index (χ0v) is 8.07. The van der Waals surface area contributed by atoms with Crippen LogP contribution in [-0.2, 0) is 19.5 Å². The van der Waals surface area contributed by atoms with Crippen molar-refractivity contribution in [3.8, 4) is 5.75 Å². The van der Waals surface area contributed by atoms with Crippen LogP contribution in [0.4, 0.5) is 0 Å². The fraction of sp³-hybridized carbons (Fsp3) is 0.250. The summed E-state index contributed by atoms with van der Waals surface area (Å²) in [7, 11) is 0. The summed E-state index contributed by atoms with van der Waals surface area (Å²) in [6.45, 7) is 0.429. The number of ether oxygens (including phenoxy) is 1. The van der Waals surface area contributed by atoms with Crippen LogP contribution in [0.2, 0.25) is 0 Å². The predicted octanol–water partition coefficient (Wildman–Crippen LogP) is 0.520. The molecule has 0 unspecified atom stereocenters. The molecule has 0 aliphatic heterocycles. The van der Waals surface area contributed by atoms with Crippen LogP contribution in [-0.4, -0.2) is 18.3 Å². The van der Waals surface area contributed by atoms with Gasteiger partial charge in [0.2, 0.25) is 0 Å². The minimum atomic E-state index is 0. The number of aliphatic hydroxyl groups is 1. The van der Waals surface area contributed by atoms with Gasteiger partial charge >= 0.3 is 19.5 Å². The topological polar surface area (TPSA) is 29.5 Å². The number of hydrogen-bond acceptors (Lipinski definition) is 2. The summed E-state index contributed by atoms with van der Waals surface area (Å²) < 4.78 is 5.11. The second-order valence-corrected chi connectivity index (χ2v) is 1.89. The average molecular weight is 241 g/mol. The number of rotatable bonds is 3. The molecule has 3 heteroatoms. The van der Waals surface area contributed by atoms with Gasteiger partial charge in [-0.05, 0) is 12.1 Å². The van der Waals surface area contributed by atoms with Crippen LogP contribution in [0.3, 0.4) is 0 Å². The summed E-state index contributed by atoms with van der Waals surface area (Å²) in [5.74, 6) is 0.802. The Morgan fingerprint density at radius 3 is 2.36 bits per heavy atom. The minimum absolute atomic E-state index is 0. The second-order valence-electron chi connectivity index (χ2n) is 1.89. The van der Waals surface area contributed by atoms with Crippen LogP contribution in [0, 0.1) is 0 Å². The summed E-state index contributed by atoms with van der Waals surface area (Å²) >= 11 is 0. The molecule has 0 aliphatic carbocycles. The van der Waals surface area contributed by atoms with Crippen molar-refractivity contribution in [1.29, 1.82) is 0 Å². The van der Waals surface area contributed by atoms with Gasteiger partial charge in [-0.3, -0.25) is 0 Å². The van der Waals surface area contributed by atoms with Gasteiger partial charge in [0.1, 0.15) is 12.4 Å². The van der Waals surface area contributed by atoms with E-state index in [1.807, 2.05) is 30.3 Å². The fourth-order valence-electron chi connectivity index (χ4n) is 0.680. The van der Waals surface area contributed by atoms with Crippen molar-refractivity contribution in [2.24, 2.45) is 0 Å². The Labute approximate surface area is 79.0 Å². The van der Waals surface area contributed by atoms with E-state index < -0.39 is 0 Å². The molecule has 0 radical (unpaired) electrons. The molecule has 0 bridgehead atoms. The molecule has 0 saturated carbocycles. The first-order valence-corrected chi connectivity index (χ1v) is 3.22. The van der Waals surface area contributed by atoms with Gasteiger partial charge in [0, 0.05) is 0 Å². The van der Waals surface area contributed by atoms with Crippen LogP contribution >= 0.6 is 0 Å². The second kappa shape index (κ2) is 6.32. The van der Waals surface area contributed by atoms with Gasteiger partial charge in [0.15, 0.2) is 0 Å². The third-order valence-electron chi connectivity index (χ3n) is 1.10. The van der Waals surface area contributed by atoms with Crippen molar-refractivity contribution in [1.82, 2.24) is 0 Å². The van der Waals surface area contributed by atoms with Crippen LogP contribution in [0.5, 0.6) is 5.75 Å². The molecular formula is C8H12O2Ru. The molecule has 0 spiro atoms. The molecule has 1 aromatic rings. The van der Waals surface area contributed by atoms with E-state index in [0.29, 0.717) is 6.61 Å². The van der Waals surface area contributed by atoms with E-state index in [2.05, 4.69) is 0 Å². The molecule has 0 aliphatic rings. The monoisotopic (exact) mass is 242 g/mol. The van der Waals surface area contributed by atoms with Gasteiger partial charge in [0.25, 0.3) is 0 Å². The van der Waals surface area contributed by atoms with Crippen molar-refractivity contribution < 1.29 is 29.3 Å². The third-order valence-corrected chi connectivity index (χ3v) is 1.10. The molecule has 2 nitrogen and oxygen atoms in total. The number of aliphatic hydroxyl groups excluding tert-OH is 1. The molecule has 0 atom stereocenters. The van der Waals surface area contributed by atoms with Crippen molar-refractivity contribution in [3.05, 3.63) is 30.3 Å². The van der Waals surface area contributed by atoms with Crippen molar-refractivity contribution in [2.45, 2.75) is 0 Å². The molecule has 1 N–H and O–H groups in total. The standard InChI is InChI=1S/C8H10O2.Ru.2H/c9-6-7-10-8-4-2-1-3-5-8;;;/h1-5,9H,6-7H2;;;. The Kier molecular flexibility index (Phi) is 6.09. The molecule has 0 fully saturated rings. The summed E-state index contributed by atoms with van der Waals surface area (Å²) in [4.78, 5) is 0. The number of para-hydroxylation sites is 1. The quantitative estimate of drug-likeness (QED) is 0.782. The van der Waals surface area contributed by atoms with Gasteiger partial charge in [0.05, 0.1) is 6.61 Å². The molecule has 64 valence electrons.